The summed E-state index contributed by atoms with van der Waals surface area (Å²) in [6.45, 7) is 7.90. The molecular formula is C25H28ClN3O3. The zero-order valence-electron chi connectivity index (χ0n) is 18.4. The molecule has 1 amide bonds. The van der Waals surface area contributed by atoms with Crippen LogP contribution in [0.4, 0.5) is 0 Å². The van der Waals surface area contributed by atoms with Crippen molar-refractivity contribution in [1.29, 1.82) is 0 Å². The Morgan fingerprint density at radius 2 is 1.72 bits per heavy atom. The summed E-state index contributed by atoms with van der Waals surface area (Å²) in [5.74, 6) is 0.749. The van der Waals surface area contributed by atoms with Gasteiger partial charge in [-0.25, -0.2) is 0 Å². The minimum Gasteiger partial charge on any atom is -0.379 e. The van der Waals surface area contributed by atoms with E-state index in [9.17, 15) is 4.79 Å². The molecule has 2 heterocycles. The molecule has 0 radical (unpaired) electrons. The average molecular weight is 454 g/mol. The normalized spacial score (nSPS) is 15.6. The van der Waals surface area contributed by atoms with Crippen molar-refractivity contribution in [2.24, 2.45) is 0 Å². The SMILES string of the molecule is CC(C)c1ccc([C@@H](CNC(=O)c2cc(-c3ccc(Cl)cc3)on2)N2CCOCC2)cc1. The smallest absolute Gasteiger partial charge is 0.273 e. The third-order valence-corrected chi connectivity index (χ3v) is 6.05. The first-order chi connectivity index (χ1) is 15.5. The van der Waals surface area contributed by atoms with E-state index in [0.29, 0.717) is 36.5 Å². The van der Waals surface area contributed by atoms with Gasteiger partial charge in [0.15, 0.2) is 11.5 Å². The lowest BCUT2D eigenvalue weighted by molar-refractivity contribution is 0.0162. The lowest BCUT2D eigenvalue weighted by atomic mass is 9.98. The van der Waals surface area contributed by atoms with Crippen LogP contribution in [0.5, 0.6) is 0 Å². The van der Waals surface area contributed by atoms with Crippen LogP contribution < -0.4 is 5.32 Å². The van der Waals surface area contributed by atoms with Gasteiger partial charge in [-0.15, -0.1) is 0 Å². The van der Waals surface area contributed by atoms with E-state index in [1.807, 2.05) is 12.1 Å². The van der Waals surface area contributed by atoms with Crippen molar-refractivity contribution in [3.63, 3.8) is 0 Å². The van der Waals surface area contributed by atoms with Crippen LogP contribution in [0.25, 0.3) is 11.3 Å². The van der Waals surface area contributed by atoms with Gasteiger partial charge in [-0.3, -0.25) is 9.69 Å². The molecular weight excluding hydrogens is 426 g/mol. The number of hydrogen-bond donors (Lipinski definition) is 1. The molecule has 0 spiro atoms. The van der Waals surface area contributed by atoms with Crippen molar-refractivity contribution in [2.45, 2.75) is 25.8 Å². The van der Waals surface area contributed by atoms with E-state index in [1.165, 1.54) is 11.1 Å². The second-order valence-corrected chi connectivity index (χ2v) is 8.72. The number of ether oxygens (including phenoxy) is 1. The number of rotatable bonds is 7. The first-order valence-corrected chi connectivity index (χ1v) is 11.3. The van der Waals surface area contributed by atoms with Gasteiger partial charge in [-0.2, -0.15) is 0 Å². The van der Waals surface area contributed by atoms with Crippen LogP contribution in [0.3, 0.4) is 0 Å². The van der Waals surface area contributed by atoms with Crippen molar-refractivity contribution < 1.29 is 14.1 Å². The molecule has 1 N–H and O–H groups in total. The molecule has 0 bridgehead atoms. The third kappa shape index (κ3) is 5.38. The molecule has 3 aromatic rings. The first-order valence-electron chi connectivity index (χ1n) is 10.9. The maximum atomic E-state index is 12.8. The molecule has 2 aromatic carbocycles. The van der Waals surface area contributed by atoms with Crippen molar-refractivity contribution in [1.82, 2.24) is 15.4 Å². The standard InChI is InChI=1S/C25H28ClN3O3/c1-17(2)18-3-5-19(6-4-18)23(29-11-13-31-14-12-29)16-27-25(30)22-15-24(32-28-22)20-7-9-21(26)10-8-20/h3-10,15,17,23H,11-14,16H2,1-2H3,(H,27,30)/t23-/m1/s1. The Morgan fingerprint density at radius 1 is 1.06 bits per heavy atom. The van der Waals surface area contributed by atoms with Gasteiger partial charge in [-0.1, -0.05) is 54.9 Å². The van der Waals surface area contributed by atoms with E-state index < -0.39 is 0 Å². The number of halogens is 1. The molecule has 32 heavy (non-hydrogen) atoms. The maximum absolute atomic E-state index is 12.8. The quantitative estimate of drug-likeness (QED) is 0.549. The topological polar surface area (TPSA) is 67.6 Å². The number of aromatic nitrogens is 1. The second-order valence-electron chi connectivity index (χ2n) is 8.28. The monoisotopic (exact) mass is 453 g/mol. The van der Waals surface area contributed by atoms with Crippen molar-refractivity contribution in [3.05, 3.63) is 76.4 Å². The van der Waals surface area contributed by atoms with Crippen molar-refractivity contribution in [2.75, 3.05) is 32.8 Å². The van der Waals surface area contributed by atoms with Gasteiger partial charge in [0.2, 0.25) is 0 Å². The molecule has 4 rings (SSSR count). The van der Waals surface area contributed by atoms with Crippen LogP contribution in [0.1, 0.15) is 47.4 Å². The van der Waals surface area contributed by atoms with Crippen molar-refractivity contribution >= 4 is 17.5 Å². The van der Waals surface area contributed by atoms with E-state index in [1.54, 1.807) is 18.2 Å². The van der Waals surface area contributed by atoms with Gasteiger partial charge in [0.1, 0.15) is 0 Å². The Bertz CT molecular complexity index is 1030. The zero-order chi connectivity index (χ0) is 22.5. The third-order valence-electron chi connectivity index (χ3n) is 5.80. The van der Waals surface area contributed by atoms with Crippen LogP contribution in [0, 0.1) is 0 Å². The summed E-state index contributed by atoms with van der Waals surface area (Å²) in [6.07, 6.45) is 0. The van der Waals surface area contributed by atoms with E-state index in [0.717, 1.165) is 18.7 Å². The molecule has 1 aliphatic rings. The number of nitrogens with one attached hydrogen (secondary N) is 1. The van der Waals surface area contributed by atoms with Gasteiger partial charge < -0.3 is 14.6 Å². The average Bonchev–Trinajstić information content (AvgIpc) is 3.31. The summed E-state index contributed by atoms with van der Waals surface area (Å²) in [5.41, 5.74) is 3.55. The van der Waals surface area contributed by atoms with Gasteiger partial charge >= 0.3 is 0 Å². The number of carbonyl (C=O) groups excluding carboxylic acids is 1. The number of hydrogen-bond acceptors (Lipinski definition) is 5. The maximum Gasteiger partial charge on any atom is 0.273 e. The number of benzene rings is 2. The van der Waals surface area contributed by atoms with Gasteiger partial charge in [-0.05, 0) is 41.3 Å². The van der Waals surface area contributed by atoms with Crippen LogP contribution in [0.2, 0.25) is 5.02 Å². The van der Waals surface area contributed by atoms with E-state index in [2.05, 4.69) is 53.5 Å². The van der Waals surface area contributed by atoms with Crippen LogP contribution in [-0.4, -0.2) is 48.8 Å². The number of amides is 1. The zero-order valence-corrected chi connectivity index (χ0v) is 19.1. The molecule has 0 saturated carbocycles. The Labute approximate surface area is 193 Å². The predicted octanol–water partition coefficient (Wildman–Crippen LogP) is 4.92. The van der Waals surface area contributed by atoms with E-state index in [4.69, 9.17) is 20.9 Å². The van der Waals surface area contributed by atoms with Gasteiger partial charge in [0, 0.05) is 36.3 Å². The number of nitrogens with zero attached hydrogens (tertiary/aromatic N) is 2. The highest BCUT2D eigenvalue weighted by atomic mass is 35.5. The largest absolute Gasteiger partial charge is 0.379 e. The minimum atomic E-state index is -0.258. The fourth-order valence-electron chi connectivity index (χ4n) is 3.86. The summed E-state index contributed by atoms with van der Waals surface area (Å²) < 4.78 is 10.9. The Morgan fingerprint density at radius 3 is 2.38 bits per heavy atom. The van der Waals surface area contributed by atoms with Crippen LogP contribution >= 0.6 is 11.6 Å². The van der Waals surface area contributed by atoms with Gasteiger partial charge in [0.05, 0.1) is 19.3 Å². The van der Waals surface area contributed by atoms with E-state index in [-0.39, 0.29) is 17.6 Å². The summed E-state index contributed by atoms with van der Waals surface area (Å²) in [6, 6.07) is 17.6. The molecule has 1 aromatic heterocycles. The molecule has 1 aliphatic heterocycles. The number of carbonyl (C=O) groups is 1. The Balaban J connectivity index is 1.46. The summed E-state index contributed by atoms with van der Waals surface area (Å²) in [5, 5.41) is 7.64. The Kier molecular flexibility index (Phi) is 7.25. The molecule has 6 nitrogen and oxygen atoms in total. The van der Waals surface area contributed by atoms with Crippen LogP contribution in [-0.2, 0) is 4.74 Å². The molecule has 0 aliphatic carbocycles. The Hall–Kier alpha value is -2.67. The molecule has 0 unspecified atom stereocenters. The minimum absolute atomic E-state index is 0.0618. The van der Waals surface area contributed by atoms with Crippen molar-refractivity contribution in [3.8, 4) is 11.3 Å². The lowest BCUT2D eigenvalue weighted by Crippen LogP contribution is -2.43. The van der Waals surface area contributed by atoms with Gasteiger partial charge in [0.25, 0.3) is 5.91 Å². The summed E-state index contributed by atoms with van der Waals surface area (Å²) in [4.78, 5) is 15.2. The molecule has 1 saturated heterocycles. The summed E-state index contributed by atoms with van der Waals surface area (Å²) >= 11 is 5.94. The number of morpholine rings is 1. The molecule has 1 fully saturated rings. The molecule has 168 valence electrons. The first kappa shape index (κ1) is 22.5. The lowest BCUT2D eigenvalue weighted by Gasteiger charge is -2.35. The fraction of sp³-hybridized carbons (Fsp3) is 0.360. The highest BCUT2D eigenvalue weighted by Gasteiger charge is 2.24. The molecule has 7 heteroatoms. The van der Waals surface area contributed by atoms with Crippen LogP contribution in [0.15, 0.2) is 59.1 Å². The van der Waals surface area contributed by atoms with E-state index >= 15 is 0 Å². The fourth-order valence-corrected chi connectivity index (χ4v) is 3.99. The predicted molar refractivity (Wildman–Crippen MR) is 125 cm³/mol. The summed E-state index contributed by atoms with van der Waals surface area (Å²) in [7, 11) is 0. The highest BCUT2D eigenvalue weighted by Crippen LogP contribution is 2.25. The second kappa shape index (κ2) is 10.3. The molecule has 1 atom stereocenters. The highest BCUT2D eigenvalue weighted by molar-refractivity contribution is 6.30.